The van der Waals surface area contributed by atoms with Crippen LogP contribution in [0.3, 0.4) is 0 Å². The molecule has 0 fully saturated rings. The largest absolute Gasteiger partial charge is 0.497 e. The Morgan fingerprint density at radius 1 is 1.03 bits per heavy atom. The Kier molecular flexibility index (Phi) is 7.76. The number of carbonyl (C=O) groups is 2. The van der Waals surface area contributed by atoms with Gasteiger partial charge in [0.2, 0.25) is 0 Å². The van der Waals surface area contributed by atoms with Crippen LogP contribution in [0.15, 0.2) is 65.9 Å². The van der Waals surface area contributed by atoms with Crippen molar-refractivity contribution in [3.8, 4) is 5.75 Å². The van der Waals surface area contributed by atoms with Crippen LogP contribution < -0.4 is 10.1 Å². The molecule has 0 bridgehead atoms. The summed E-state index contributed by atoms with van der Waals surface area (Å²) >= 11 is 0. The Morgan fingerprint density at radius 3 is 2.24 bits per heavy atom. The van der Waals surface area contributed by atoms with Gasteiger partial charge >= 0.3 is 11.9 Å². The lowest BCUT2D eigenvalue weighted by atomic mass is 9.65. The molecule has 0 aliphatic heterocycles. The number of para-hydroxylation sites is 1. The number of rotatable bonds is 8. The summed E-state index contributed by atoms with van der Waals surface area (Å²) in [6.45, 7) is 5.38. The van der Waals surface area contributed by atoms with Crippen LogP contribution in [0.25, 0.3) is 0 Å². The molecule has 0 radical (unpaired) electrons. The Bertz CT molecular complexity index is 997. The monoisotopic (exact) mass is 453 g/mol. The van der Waals surface area contributed by atoms with E-state index in [4.69, 9.17) is 14.2 Å². The Hall–Kier alpha value is -3.32. The van der Waals surface area contributed by atoms with Gasteiger partial charge in [-0.05, 0) is 50.6 Å². The van der Waals surface area contributed by atoms with Crippen LogP contribution in [0.1, 0.15) is 38.7 Å². The van der Waals surface area contributed by atoms with Crippen molar-refractivity contribution < 1.29 is 28.9 Å². The van der Waals surface area contributed by atoms with Gasteiger partial charge in [0.1, 0.15) is 5.75 Å². The number of esters is 2. The number of benzene rings is 2. The fourth-order valence-corrected chi connectivity index (χ4v) is 4.34. The number of nitrogens with one attached hydrogen (secondary N) is 1. The van der Waals surface area contributed by atoms with Crippen LogP contribution >= 0.6 is 0 Å². The Morgan fingerprint density at radius 2 is 1.67 bits per heavy atom. The van der Waals surface area contributed by atoms with Gasteiger partial charge in [0.05, 0.1) is 37.4 Å². The minimum atomic E-state index is -1.48. The maximum Gasteiger partial charge on any atom is 0.336 e. The van der Waals surface area contributed by atoms with Crippen LogP contribution in [0.2, 0.25) is 0 Å². The highest BCUT2D eigenvalue weighted by molar-refractivity contribution is 5.94. The number of carbonyl (C=O) groups excluding carboxylic acids is 2. The molecule has 2 aromatic carbocycles. The van der Waals surface area contributed by atoms with E-state index < -0.39 is 29.4 Å². The molecule has 1 aliphatic carbocycles. The van der Waals surface area contributed by atoms with Gasteiger partial charge in [-0.25, -0.2) is 4.79 Å². The molecule has 2 N–H and O–H groups in total. The van der Waals surface area contributed by atoms with Crippen molar-refractivity contribution in [1.29, 1.82) is 0 Å². The zero-order valence-corrected chi connectivity index (χ0v) is 19.5. The highest BCUT2D eigenvalue weighted by atomic mass is 16.5. The van der Waals surface area contributed by atoms with Gasteiger partial charge in [-0.2, -0.15) is 0 Å². The summed E-state index contributed by atoms with van der Waals surface area (Å²) in [7, 11) is 1.56. The highest BCUT2D eigenvalue weighted by Crippen LogP contribution is 2.48. The van der Waals surface area contributed by atoms with Crippen molar-refractivity contribution in [2.75, 3.05) is 25.6 Å². The zero-order chi connectivity index (χ0) is 24.0. The predicted octanol–water partition coefficient (Wildman–Crippen LogP) is 4.04. The molecule has 0 aromatic heterocycles. The molecule has 3 atom stereocenters. The van der Waals surface area contributed by atoms with Gasteiger partial charge in [-0.3, -0.25) is 4.79 Å². The molecule has 3 rings (SSSR count). The minimum absolute atomic E-state index is 0.0478. The molecular formula is C26H31NO6. The van der Waals surface area contributed by atoms with E-state index in [0.29, 0.717) is 22.6 Å². The molecular weight excluding hydrogens is 422 g/mol. The lowest BCUT2D eigenvalue weighted by Crippen LogP contribution is -2.49. The van der Waals surface area contributed by atoms with Gasteiger partial charge < -0.3 is 24.6 Å². The van der Waals surface area contributed by atoms with E-state index in [-0.39, 0.29) is 19.6 Å². The molecule has 0 spiro atoms. The number of hydrogen-bond acceptors (Lipinski definition) is 7. The van der Waals surface area contributed by atoms with Crippen molar-refractivity contribution in [1.82, 2.24) is 0 Å². The van der Waals surface area contributed by atoms with Gasteiger partial charge in [0.25, 0.3) is 0 Å². The third-order valence-corrected chi connectivity index (χ3v) is 5.75. The molecule has 176 valence electrons. The normalized spacial score (nSPS) is 22.5. The van der Waals surface area contributed by atoms with Crippen molar-refractivity contribution in [2.24, 2.45) is 5.92 Å². The maximum absolute atomic E-state index is 13.3. The van der Waals surface area contributed by atoms with Crippen molar-refractivity contribution in [2.45, 2.75) is 38.7 Å². The van der Waals surface area contributed by atoms with E-state index in [1.807, 2.05) is 30.3 Å². The smallest absolute Gasteiger partial charge is 0.336 e. The molecule has 0 saturated carbocycles. The first kappa shape index (κ1) is 24.3. The maximum atomic E-state index is 13.3. The molecule has 0 unspecified atom stereocenters. The summed E-state index contributed by atoms with van der Waals surface area (Å²) in [5, 5.41) is 14.8. The van der Waals surface area contributed by atoms with Gasteiger partial charge in [0.15, 0.2) is 0 Å². The summed E-state index contributed by atoms with van der Waals surface area (Å²) in [5.41, 5.74) is 0.753. The fraction of sp³-hybridized carbons (Fsp3) is 0.385. The molecule has 7 heteroatoms. The Labute approximate surface area is 194 Å². The third-order valence-electron chi connectivity index (χ3n) is 5.75. The van der Waals surface area contributed by atoms with Crippen LogP contribution in [-0.4, -0.2) is 43.0 Å². The molecule has 0 saturated heterocycles. The van der Waals surface area contributed by atoms with Crippen LogP contribution in [0.5, 0.6) is 5.75 Å². The van der Waals surface area contributed by atoms with E-state index >= 15 is 0 Å². The highest BCUT2D eigenvalue weighted by Gasteiger charge is 2.52. The first-order valence-corrected chi connectivity index (χ1v) is 11.1. The minimum Gasteiger partial charge on any atom is -0.497 e. The Balaban J connectivity index is 2.23. The lowest BCUT2D eigenvalue weighted by molar-refractivity contribution is -0.159. The lowest BCUT2D eigenvalue weighted by Gasteiger charge is -2.43. The first-order chi connectivity index (χ1) is 15.8. The molecule has 0 amide bonds. The van der Waals surface area contributed by atoms with E-state index in [1.165, 1.54) is 0 Å². The SMILES string of the molecule is CCOC(=O)C1=C(Nc2ccccc2)C[C@](C)(O)[C@H](C(=O)OCC)[C@H]1c1ccc(OC)cc1. The van der Waals surface area contributed by atoms with Gasteiger partial charge in [-0.1, -0.05) is 30.3 Å². The second kappa shape index (κ2) is 10.5. The molecule has 7 nitrogen and oxygen atoms in total. The number of anilines is 1. The zero-order valence-electron chi connectivity index (χ0n) is 19.5. The number of ether oxygens (including phenoxy) is 3. The average molecular weight is 454 g/mol. The summed E-state index contributed by atoms with van der Waals surface area (Å²) in [5.74, 6) is -2.26. The molecule has 2 aromatic rings. The van der Waals surface area contributed by atoms with Crippen molar-refractivity contribution in [3.63, 3.8) is 0 Å². The third kappa shape index (κ3) is 5.37. The van der Waals surface area contributed by atoms with Crippen molar-refractivity contribution in [3.05, 3.63) is 71.4 Å². The summed E-state index contributed by atoms with van der Waals surface area (Å²) in [6.07, 6.45) is 0.0478. The first-order valence-electron chi connectivity index (χ1n) is 11.1. The number of hydrogen-bond donors (Lipinski definition) is 2. The summed E-state index contributed by atoms with van der Waals surface area (Å²) in [6, 6.07) is 16.5. The van der Waals surface area contributed by atoms with Gasteiger partial charge in [0, 0.05) is 23.7 Å². The van der Waals surface area contributed by atoms with Crippen LogP contribution in [0.4, 0.5) is 5.69 Å². The summed E-state index contributed by atoms with van der Waals surface area (Å²) in [4.78, 5) is 26.4. The molecule has 0 heterocycles. The topological polar surface area (TPSA) is 94.1 Å². The molecule has 33 heavy (non-hydrogen) atoms. The molecule has 1 aliphatic rings. The second-order valence-electron chi connectivity index (χ2n) is 8.12. The van der Waals surface area contributed by atoms with E-state index in [2.05, 4.69) is 5.32 Å². The number of methoxy groups -OCH3 is 1. The second-order valence-corrected chi connectivity index (χ2v) is 8.12. The van der Waals surface area contributed by atoms with Crippen LogP contribution in [0, 0.1) is 5.92 Å². The average Bonchev–Trinajstić information content (AvgIpc) is 2.79. The van der Waals surface area contributed by atoms with Crippen LogP contribution in [-0.2, 0) is 19.1 Å². The van der Waals surface area contributed by atoms with E-state index in [9.17, 15) is 14.7 Å². The predicted molar refractivity (Wildman–Crippen MR) is 125 cm³/mol. The van der Waals surface area contributed by atoms with E-state index in [1.54, 1.807) is 52.1 Å². The quantitative estimate of drug-likeness (QED) is 0.583. The van der Waals surface area contributed by atoms with E-state index in [0.717, 1.165) is 5.69 Å². The number of aliphatic hydroxyl groups is 1. The van der Waals surface area contributed by atoms with Gasteiger partial charge in [-0.15, -0.1) is 0 Å². The summed E-state index contributed by atoms with van der Waals surface area (Å²) < 4.78 is 16.0. The fourth-order valence-electron chi connectivity index (χ4n) is 4.34. The standard InChI is InChI=1S/C26H31NO6/c1-5-32-24(28)22-20(27-18-10-8-7-9-11-18)16-26(3,30)23(25(29)33-6-2)21(22)17-12-14-19(31-4)15-13-17/h7-15,21,23,27,30H,5-6,16H2,1-4H3/t21-,23-,26-/m0/s1. The van der Waals surface area contributed by atoms with Crippen molar-refractivity contribution >= 4 is 17.6 Å².